The van der Waals surface area contributed by atoms with Crippen molar-refractivity contribution in [3.05, 3.63) is 57.0 Å². The fraction of sp³-hybridized carbons (Fsp3) is 0.231. The van der Waals surface area contributed by atoms with Crippen LogP contribution in [0.4, 0.5) is 4.39 Å². The second-order valence-corrected chi connectivity index (χ2v) is 6.07. The topological polar surface area (TPSA) is 0 Å². The summed E-state index contributed by atoms with van der Waals surface area (Å²) in [7, 11) is 0. The van der Waals surface area contributed by atoms with Gasteiger partial charge in [-0.25, -0.2) is 4.39 Å². The summed E-state index contributed by atoms with van der Waals surface area (Å²) in [6.45, 7) is 3.95. The number of rotatable bonds is 2. The first kappa shape index (κ1) is 11.8. The maximum atomic E-state index is 13.8. The predicted molar refractivity (Wildman–Crippen MR) is 71.0 cm³/mol. The molecule has 0 aliphatic rings. The molecule has 84 valence electrons. The Morgan fingerprint density at radius 2 is 1.94 bits per heavy atom. The number of hydrogen-bond acceptors (Lipinski definition) is 1. The molecule has 16 heavy (non-hydrogen) atoms. The Hall–Kier alpha value is -0.670. The van der Waals surface area contributed by atoms with Gasteiger partial charge in [0.1, 0.15) is 5.82 Å². The van der Waals surface area contributed by atoms with Crippen molar-refractivity contribution in [2.75, 3.05) is 0 Å². The number of thiophene rings is 1. The number of halogens is 2. The van der Waals surface area contributed by atoms with Crippen LogP contribution in [0.2, 0.25) is 0 Å². The van der Waals surface area contributed by atoms with Gasteiger partial charge in [0.25, 0.3) is 0 Å². The molecule has 1 unspecified atom stereocenters. The molecular weight excluding hydrogens is 287 g/mol. The van der Waals surface area contributed by atoms with Gasteiger partial charge in [-0.15, -0.1) is 11.3 Å². The van der Waals surface area contributed by atoms with Crippen molar-refractivity contribution < 1.29 is 4.39 Å². The van der Waals surface area contributed by atoms with Crippen LogP contribution >= 0.6 is 27.3 Å². The molecule has 0 N–H and O–H groups in total. The van der Waals surface area contributed by atoms with Crippen molar-refractivity contribution in [1.82, 2.24) is 0 Å². The van der Waals surface area contributed by atoms with E-state index < -0.39 is 0 Å². The lowest BCUT2D eigenvalue weighted by Crippen LogP contribution is -1.94. The maximum Gasteiger partial charge on any atom is 0.128 e. The lowest BCUT2D eigenvalue weighted by molar-refractivity contribution is 0.613. The molecule has 0 aliphatic heterocycles. The van der Waals surface area contributed by atoms with E-state index in [4.69, 9.17) is 0 Å². The number of aryl methyl sites for hydroxylation is 2. The number of alkyl halides is 1. The van der Waals surface area contributed by atoms with Gasteiger partial charge in [0.2, 0.25) is 0 Å². The molecule has 1 heterocycles. The van der Waals surface area contributed by atoms with Gasteiger partial charge in [-0.05, 0) is 37.6 Å². The first-order valence-corrected chi connectivity index (χ1v) is 6.77. The van der Waals surface area contributed by atoms with E-state index >= 15 is 0 Å². The Labute approximate surface area is 107 Å². The lowest BCUT2D eigenvalue weighted by Gasteiger charge is -2.09. The Bertz CT molecular complexity index is 504. The van der Waals surface area contributed by atoms with Crippen LogP contribution in [-0.4, -0.2) is 0 Å². The second-order valence-electron chi connectivity index (χ2n) is 3.84. The first-order valence-electron chi connectivity index (χ1n) is 5.04. The SMILES string of the molecule is Cc1ccc(C(Br)c2ccc(C)s2)c(F)c1. The Morgan fingerprint density at radius 3 is 2.50 bits per heavy atom. The third-order valence-corrected chi connectivity index (χ3v) is 4.80. The quantitative estimate of drug-likeness (QED) is 0.685. The number of benzene rings is 1. The summed E-state index contributed by atoms with van der Waals surface area (Å²) in [4.78, 5) is 2.33. The van der Waals surface area contributed by atoms with Gasteiger partial charge in [-0.2, -0.15) is 0 Å². The summed E-state index contributed by atoms with van der Waals surface area (Å²) < 4.78 is 13.8. The van der Waals surface area contributed by atoms with Crippen LogP contribution in [0.15, 0.2) is 30.3 Å². The summed E-state index contributed by atoms with van der Waals surface area (Å²) >= 11 is 5.24. The van der Waals surface area contributed by atoms with Crippen LogP contribution in [0.5, 0.6) is 0 Å². The maximum absolute atomic E-state index is 13.8. The standard InChI is InChI=1S/C13H12BrFS/c1-8-3-5-10(11(15)7-8)13(14)12-6-4-9(2)16-12/h3-7,13H,1-2H3. The van der Waals surface area contributed by atoms with Crippen molar-refractivity contribution in [2.45, 2.75) is 18.7 Å². The van der Waals surface area contributed by atoms with Crippen molar-refractivity contribution in [3.8, 4) is 0 Å². The molecule has 0 aliphatic carbocycles. The van der Waals surface area contributed by atoms with Crippen LogP contribution in [0.1, 0.15) is 25.7 Å². The highest BCUT2D eigenvalue weighted by Crippen LogP contribution is 2.36. The molecule has 0 amide bonds. The van der Waals surface area contributed by atoms with Crippen molar-refractivity contribution in [2.24, 2.45) is 0 Å². The molecule has 1 atom stereocenters. The smallest absolute Gasteiger partial charge is 0.128 e. The zero-order chi connectivity index (χ0) is 11.7. The summed E-state index contributed by atoms with van der Waals surface area (Å²) in [6, 6.07) is 9.45. The minimum atomic E-state index is -0.145. The molecule has 0 saturated heterocycles. The van der Waals surface area contributed by atoms with Crippen molar-refractivity contribution >= 4 is 27.3 Å². The van der Waals surface area contributed by atoms with Gasteiger partial charge < -0.3 is 0 Å². The zero-order valence-electron chi connectivity index (χ0n) is 9.13. The molecular formula is C13H12BrFS. The average Bonchev–Trinajstić information content (AvgIpc) is 2.64. The molecule has 2 rings (SSSR count). The molecule has 1 aromatic heterocycles. The van der Waals surface area contributed by atoms with E-state index in [9.17, 15) is 4.39 Å². The van der Waals surface area contributed by atoms with E-state index in [1.165, 1.54) is 4.88 Å². The third kappa shape index (κ3) is 2.36. The van der Waals surface area contributed by atoms with Gasteiger partial charge in [0, 0.05) is 15.3 Å². The lowest BCUT2D eigenvalue weighted by atomic mass is 10.1. The zero-order valence-corrected chi connectivity index (χ0v) is 11.5. The van der Waals surface area contributed by atoms with Gasteiger partial charge in [0.15, 0.2) is 0 Å². The Morgan fingerprint density at radius 1 is 1.19 bits per heavy atom. The molecule has 0 spiro atoms. The fourth-order valence-electron chi connectivity index (χ4n) is 1.58. The molecule has 0 bridgehead atoms. The summed E-state index contributed by atoms with van der Waals surface area (Å²) in [5.41, 5.74) is 1.65. The van der Waals surface area contributed by atoms with E-state index in [0.717, 1.165) is 10.4 Å². The molecule has 1 aromatic carbocycles. The number of hydrogen-bond donors (Lipinski definition) is 0. The molecule has 0 fully saturated rings. The van der Waals surface area contributed by atoms with E-state index in [2.05, 4.69) is 28.9 Å². The highest BCUT2D eigenvalue weighted by molar-refractivity contribution is 9.09. The van der Waals surface area contributed by atoms with E-state index in [1.54, 1.807) is 17.4 Å². The van der Waals surface area contributed by atoms with Gasteiger partial charge in [-0.3, -0.25) is 0 Å². The molecule has 0 nitrogen and oxygen atoms in total. The Balaban J connectivity index is 2.37. The molecule has 3 heteroatoms. The fourth-order valence-corrected chi connectivity index (χ4v) is 3.26. The van der Waals surface area contributed by atoms with Crippen LogP contribution in [-0.2, 0) is 0 Å². The van der Waals surface area contributed by atoms with Crippen LogP contribution < -0.4 is 0 Å². The van der Waals surface area contributed by atoms with Gasteiger partial charge in [-0.1, -0.05) is 28.1 Å². The van der Waals surface area contributed by atoms with Gasteiger partial charge in [0.05, 0.1) is 4.83 Å². The van der Waals surface area contributed by atoms with E-state index in [1.807, 2.05) is 25.1 Å². The first-order chi connectivity index (χ1) is 7.58. The van der Waals surface area contributed by atoms with E-state index in [-0.39, 0.29) is 10.6 Å². The summed E-state index contributed by atoms with van der Waals surface area (Å²) in [5, 5.41) is 0. The van der Waals surface area contributed by atoms with Crippen LogP contribution in [0.25, 0.3) is 0 Å². The van der Waals surface area contributed by atoms with Crippen molar-refractivity contribution in [3.63, 3.8) is 0 Å². The van der Waals surface area contributed by atoms with Crippen LogP contribution in [0.3, 0.4) is 0 Å². The van der Waals surface area contributed by atoms with Crippen LogP contribution in [0, 0.1) is 19.7 Å². The average molecular weight is 299 g/mol. The minimum absolute atomic E-state index is 0.0493. The second kappa shape index (κ2) is 4.68. The van der Waals surface area contributed by atoms with Gasteiger partial charge >= 0.3 is 0 Å². The Kier molecular flexibility index (Phi) is 3.45. The summed E-state index contributed by atoms with van der Waals surface area (Å²) in [6.07, 6.45) is 0. The van der Waals surface area contributed by atoms with Crippen molar-refractivity contribution in [1.29, 1.82) is 0 Å². The van der Waals surface area contributed by atoms with E-state index in [0.29, 0.717) is 5.56 Å². The highest BCUT2D eigenvalue weighted by Gasteiger charge is 2.16. The summed E-state index contributed by atoms with van der Waals surface area (Å²) in [5.74, 6) is -0.145. The molecule has 2 aromatic rings. The predicted octanol–water partition coefficient (Wildman–Crippen LogP) is 4.99. The largest absolute Gasteiger partial charge is 0.207 e. The molecule has 0 radical (unpaired) electrons. The monoisotopic (exact) mass is 298 g/mol. The third-order valence-electron chi connectivity index (χ3n) is 2.44. The highest BCUT2D eigenvalue weighted by atomic mass is 79.9. The minimum Gasteiger partial charge on any atom is -0.207 e. The normalized spacial score (nSPS) is 12.8. The molecule has 0 saturated carbocycles.